The second-order valence-electron chi connectivity index (χ2n) is 5.53. The Morgan fingerprint density at radius 2 is 2.10 bits per heavy atom. The molecule has 2 nitrogen and oxygen atoms in total. The molecule has 1 aliphatic heterocycles. The molecule has 21 heavy (non-hydrogen) atoms. The van der Waals surface area contributed by atoms with Crippen molar-refractivity contribution in [3.63, 3.8) is 0 Å². The van der Waals surface area contributed by atoms with Crippen LogP contribution in [0, 0.1) is 0 Å². The van der Waals surface area contributed by atoms with Crippen LogP contribution in [-0.4, -0.2) is 32.6 Å². The first-order valence-electron chi connectivity index (χ1n) is 7.19. The van der Waals surface area contributed by atoms with E-state index in [0.29, 0.717) is 16.6 Å². The molecule has 1 aromatic rings. The molecule has 0 saturated carbocycles. The van der Waals surface area contributed by atoms with Gasteiger partial charge in [0.1, 0.15) is 0 Å². The first-order chi connectivity index (χ1) is 10.0. The van der Waals surface area contributed by atoms with Crippen molar-refractivity contribution in [2.45, 2.75) is 31.1 Å². The van der Waals surface area contributed by atoms with E-state index in [0.717, 1.165) is 37.9 Å². The lowest BCUT2D eigenvalue weighted by Crippen LogP contribution is -2.45. The molecule has 0 bridgehead atoms. The number of halogens is 4. The Morgan fingerprint density at radius 1 is 1.29 bits per heavy atom. The van der Waals surface area contributed by atoms with Crippen molar-refractivity contribution >= 4 is 23.2 Å². The van der Waals surface area contributed by atoms with Crippen LogP contribution in [0.2, 0.25) is 10.0 Å². The van der Waals surface area contributed by atoms with Crippen molar-refractivity contribution in [2.75, 3.05) is 26.2 Å². The molecule has 1 aromatic carbocycles. The Hall–Kier alpha value is -0.420. The highest BCUT2D eigenvalue weighted by molar-refractivity contribution is 6.42. The summed E-state index contributed by atoms with van der Waals surface area (Å²) >= 11 is 12.1. The van der Waals surface area contributed by atoms with Gasteiger partial charge < -0.3 is 10.6 Å². The quantitative estimate of drug-likeness (QED) is 0.771. The second-order valence-corrected chi connectivity index (χ2v) is 6.35. The average molecular weight is 337 g/mol. The van der Waals surface area contributed by atoms with E-state index in [1.807, 2.05) is 18.2 Å². The van der Waals surface area contributed by atoms with Crippen molar-refractivity contribution in [1.29, 1.82) is 0 Å². The van der Waals surface area contributed by atoms with E-state index in [4.69, 9.17) is 23.2 Å². The lowest BCUT2D eigenvalue weighted by Gasteiger charge is -2.38. The number of benzene rings is 1. The fraction of sp³-hybridized carbons (Fsp3) is 0.600. The lowest BCUT2D eigenvalue weighted by molar-refractivity contribution is 0.144. The maximum absolute atomic E-state index is 12.2. The summed E-state index contributed by atoms with van der Waals surface area (Å²) < 4.78 is 24.4. The molecule has 2 N–H and O–H groups in total. The molecular formula is C15H20Cl2F2N2. The van der Waals surface area contributed by atoms with Gasteiger partial charge in [-0.25, -0.2) is 8.78 Å². The first-order valence-corrected chi connectivity index (χ1v) is 7.94. The van der Waals surface area contributed by atoms with Crippen LogP contribution in [0.3, 0.4) is 0 Å². The minimum Gasteiger partial charge on any atom is -0.316 e. The second kappa shape index (κ2) is 7.73. The van der Waals surface area contributed by atoms with E-state index >= 15 is 0 Å². The highest BCUT2D eigenvalue weighted by Crippen LogP contribution is 2.37. The molecule has 0 aromatic heterocycles. The van der Waals surface area contributed by atoms with Crippen molar-refractivity contribution in [2.24, 2.45) is 0 Å². The molecule has 1 aliphatic rings. The van der Waals surface area contributed by atoms with Crippen LogP contribution >= 0.6 is 23.2 Å². The summed E-state index contributed by atoms with van der Waals surface area (Å²) in [4.78, 5) is 0. The molecule has 0 amide bonds. The highest BCUT2D eigenvalue weighted by Gasteiger charge is 2.33. The van der Waals surface area contributed by atoms with Crippen molar-refractivity contribution in [3.8, 4) is 0 Å². The number of hydrogen-bond acceptors (Lipinski definition) is 2. The van der Waals surface area contributed by atoms with Gasteiger partial charge in [-0.1, -0.05) is 29.3 Å². The normalized spacial score (nSPS) is 22.7. The molecule has 1 saturated heterocycles. The van der Waals surface area contributed by atoms with E-state index < -0.39 is 6.43 Å². The fourth-order valence-electron chi connectivity index (χ4n) is 2.94. The van der Waals surface area contributed by atoms with Crippen LogP contribution < -0.4 is 10.6 Å². The van der Waals surface area contributed by atoms with Crippen LogP contribution in [0.25, 0.3) is 0 Å². The van der Waals surface area contributed by atoms with Gasteiger partial charge >= 0.3 is 0 Å². The Morgan fingerprint density at radius 3 is 2.71 bits per heavy atom. The Balaban J connectivity index is 2.10. The van der Waals surface area contributed by atoms with E-state index in [-0.39, 0.29) is 12.0 Å². The largest absolute Gasteiger partial charge is 0.316 e. The summed E-state index contributed by atoms with van der Waals surface area (Å²) in [6.07, 6.45) is 0.573. The first kappa shape index (κ1) is 16.9. The number of rotatable bonds is 6. The number of alkyl halides is 2. The van der Waals surface area contributed by atoms with E-state index in [1.54, 1.807) is 0 Å². The van der Waals surface area contributed by atoms with E-state index in [1.165, 1.54) is 0 Å². The minimum atomic E-state index is -2.31. The third kappa shape index (κ3) is 4.52. The number of piperidine rings is 1. The van der Waals surface area contributed by atoms with Crippen molar-refractivity contribution in [1.82, 2.24) is 10.6 Å². The van der Waals surface area contributed by atoms with E-state index in [2.05, 4.69) is 10.6 Å². The average Bonchev–Trinajstić information content (AvgIpc) is 2.47. The zero-order valence-corrected chi connectivity index (χ0v) is 13.3. The summed E-state index contributed by atoms with van der Waals surface area (Å²) in [5, 5.41) is 7.30. The fourth-order valence-corrected chi connectivity index (χ4v) is 3.23. The summed E-state index contributed by atoms with van der Waals surface area (Å²) in [5.74, 6) is 0. The molecule has 6 heteroatoms. The van der Waals surface area contributed by atoms with Gasteiger partial charge in [0.2, 0.25) is 0 Å². The van der Waals surface area contributed by atoms with Crippen molar-refractivity contribution in [3.05, 3.63) is 33.8 Å². The summed E-state index contributed by atoms with van der Waals surface area (Å²) in [7, 11) is 0. The van der Waals surface area contributed by atoms with Gasteiger partial charge in [-0.3, -0.25) is 0 Å². The van der Waals surface area contributed by atoms with Crippen LogP contribution in [0.4, 0.5) is 8.78 Å². The standard InChI is InChI=1S/C15H20Cl2F2N2/c16-12-3-2-11(8-13(12)17)15(4-1-6-21-10-15)5-7-20-9-14(18)19/h2-3,8,14,20-21H,1,4-7,9-10H2/t15-/m1/s1. The number of nitrogens with one attached hydrogen (secondary N) is 2. The van der Waals surface area contributed by atoms with Crippen LogP contribution in [0.5, 0.6) is 0 Å². The molecule has 118 valence electrons. The highest BCUT2D eigenvalue weighted by atomic mass is 35.5. The third-order valence-corrected chi connectivity index (χ3v) is 4.82. The van der Waals surface area contributed by atoms with Crippen LogP contribution in [0.15, 0.2) is 18.2 Å². The molecule has 1 heterocycles. The summed E-state index contributed by atoms with van der Waals surface area (Å²) in [6.45, 7) is 2.13. The molecule has 0 aliphatic carbocycles. The molecule has 0 spiro atoms. The third-order valence-electron chi connectivity index (χ3n) is 4.08. The summed E-state index contributed by atoms with van der Waals surface area (Å²) in [6, 6.07) is 5.71. The SMILES string of the molecule is FC(F)CNCC[C@]1(c2ccc(Cl)c(Cl)c2)CCCNC1. The topological polar surface area (TPSA) is 24.1 Å². The van der Waals surface area contributed by atoms with Gasteiger partial charge in [0, 0.05) is 12.0 Å². The maximum Gasteiger partial charge on any atom is 0.250 e. The molecular weight excluding hydrogens is 317 g/mol. The van der Waals surface area contributed by atoms with Crippen molar-refractivity contribution < 1.29 is 8.78 Å². The summed E-state index contributed by atoms with van der Waals surface area (Å²) in [5.41, 5.74) is 1.06. The molecule has 0 radical (unpaired) electrons. The zero-order valence-electron chi connectivity index (χ0n) is 11.8. The van der Waals surface area contributed by atoms with Gasteiger partial charge in [0.25, 0.3) is 6.43 Å². The van der Waals surface area contributed by atoms with Gasteiger partial charge in [0.05, 0.1) is 16.6 Å². The maximum atomic E-state index is 12.2. The van der Waals surface area contributed by atoms with Gasteiger partial charge in [-0.2, -0.15) is 0 Å². The monoisotopic (exact) mass is 336 g/mol. The minimum absolute atomic E-state index is 0.0679. The molecule has 1 fully saturated rings. The number of hydrogen-bond donors (Lipinski definition) is 2. The predicted octanol–water partition coefficient (Wildman–Crippen LogP) is 3.86. The molecule has 1 atom stereocenters. The molecule has 0 unspecified atom stereocenters. The van der Waals surface area contributed by atoms with Crippen LogP contribution in [-0.2, 0) is 5.41 Å². The lowest BCUT2D eigenvalue weighted by atomic mass is 9.72. The Kier molecular flexibility index (Phi) is 6.23. The Bertz CT molecular complexity index is 463. The Labute approximate surface area is 134 Å². The van der Waals surface area contributed by atoms with Crippen LogP contribution in [0.1, 0.15) is 24.8 Å². The molecule has 2 rings (SSSR count). The predicted molar refractivity (Wildman–Crippen MR) is 83.7 cm³/mol. The van der Waals surface area contributed by atoms with E-state index in [9.17, 15) is 8.78 Å². The van der Waals surface area contributed by atoms with Gasteiger partial charge in [0.15, 0.2) is 0 Å². The van der Waals surface area contributed by atoms with Gasteiger partial charge in [-0.05, 0) is 50.0 Å². The smallest absolute Gasteiger partial charge is 0.250 e. The zero-order chi connectivity index (χ0) is 15.3. The van der Waals surface area contributed by atoms with Gasteiger partial charge in [-0.15, -0.1) is 0 Å².